The first-order valence-corrected chi connectivity index (χ1v) is 7.06. The molecule has 2 rings (SSSR count). The van der Waals surface area contributed by atoms with Gasteiger partial charge in [0.2, 0.25) is 11.7 Å². The van der Waals surface area contributed by atoms with Gasteiger partial charge in [0.15, 0.2) is 0 Å². The number of hydrogen-bond acceptors (Lipinski definition) is 5. The van der Waals surface area contributed by atoms with Gasteiger partial charge in [0.25, 0.3) is 0 Å². The van der Waals surface area contributed by atoms with Crippen molar-refractivity contribution in [3.05, 3.63) is 11.7 Å². The summed E-state index contributed by atoms with van der Waals surface area (Å²) in [6.45, 7) is 8.84. The molecule has 5 nitrogen and oxygen atoms in total. The van der Waals surface area contributed by atoms with Gasteiger partial charge in [-0.2, -0.15) is 4.98 Å². The Morgan fingerprint density at radius 2 is 2.16 bits per heavy atom. The smallest absolute Gasteiger partial charge is 0.232 e. The monoisotopic (exact) mass is 268 g/mol. The maximum Gasteiger partial charge on any atom is 0.232 e. The van der Waals surface area contributed by atoms with E-state index >= 15 is 0 Å². The maximum atomic E-state index is 9.89. The predicted molar refractivity (Wildman–Crippen MR) is 70.7 cm³/mol. The second kappa shape index (κ2) is 5.59. The summed E-state index contributed by atoms with van der Waals surface area (Å²) in [6.07, 6.45) is 2.20. The van der Waals surface area contributed by atoms with Gasteiger partial charge < -0.3 is 14.4 Å². The Balaban J connectivity index is 2.18. The van der Waals surface area contributed by atoms with Crippen molar-refractivity contribution in [1.29, 1.82) is 0 Å². The Morgan fingerprint density at radius 1 is 1.42 bits per heavy atom. The molecule has 3 unspecified atom stereocenters. The van der Waals surface area contributed by atoms with Crippen LogP contribution in [0.25, 0.3) is 0 Å². The molecule has 19 heavy (non-hydrogen) atoms. The quantitative estimate of drug-likeness (QED) is 0.909. The Bertz CT molecular complexity index is 411. The van der Waals surface area contributed by atoms with E-state index in [9.17, 15) is 5.11 Å². The molecule has 0 aromatic carbocycles. The number of rotatable bonds is 4. The minimum Gasteiger partial charge on any atom is -0.392 e. The molecular weight excluding hydrogens is 244 g/mol. The number of hydrogen-bond donors (Lipinski definition) is 1. The van der Waals surface area contributed by atoms with E-state index in [1.54, 1.807) is 0 Å². The van der Waals surface area contributed by atoms with E-state index in [2.05, 4.69) is 30.9 Å². The van der Waals surface area contributed by atoms with Crippen LogP contribution in [-0.2, 0) is 4.74 Å². The van der Waals surface area contributed by atoms with Crippen LogP contribution in [0.3, 0.4) is 0 Å². The summed E-state index contributed by atoms with van der Waals surface area (Å²) in [5, 5.41) is 14.0. The summed E-state index contributed by atoms with van der Waals surface area (Å²) in [4.78, 5) is 4.47. The lowest BCUT2D eigenvalue weighted by molar-refractivity contribution is -0.0203. The topological polar surface area (TPSA) is 68.4 Å². The number of aliphatic hydroxyl groups excluding tert-OH is 1. The first kappa shape index (κ1) is 14.5. The molecule has 0 spiro atoms. The summed E-state index contributed by atoms with van der Waals surface area (Å²) in [6, 6.07) is 0. The Kier molecular flexibility index (Phi) is 4.26. The summed E-state index contributed by atoms with van der Waals surface area (Å²) in [7, 11) is 0. The third-order valence-corrected chi connectivity index (χ3v) is 3.61. The van der Waals surface area contributed by atoms with Gasteiger partial charge in [0.1, 0.15) is 6.10 Å². The Morgan fingerprint density at radius 3 is 2.68 bits per heavy atom. The van der Waals surface area contributed by atoms with Gasteiger partial charge in [-0.1, -0.05) is 25.9 Å². The van der Waals surface area contributed by atoms with E-state index in [0.717, 1.165) is 19.3 Å². The normalized spacial score (nSPS) is 25.7. The third kappa shape index (κ3) is 3.15. The van der Waals surface area contributed by atoms with Crippen molar-refractivity contribution in [2.24, 2.45) is 5.41 Å². The molecule has 0 amide bonds. The predicted octanol–water partition coefficient (Wildman–Crippen LogP) is 2.82. The second-order valence-electron chi connectivity index (χ2n) is 6.30. The van der Waals surface area contributed by atoms with Gasteiger partial charge in [0.05, 0.1) is 12.0 Å². The van der Waals surface area contributed by atoms with E-state index in [1.807, 2.05) is 6.92 Å². The Hall–Kier alpha value is -0.940. The molecule has 1 saturated carbocycles. The van der Waals surface area contributed by atoms with Crippen LogP contribution in [0.2, 0.25) is 0 Å². The van der Waals surface area contributed by atoms with Gasteiger partial charge in [-0.25, -0.2) is 0 Å². The fraction of sp³-hybridized carbons (Fsp3) is 0.857. The second-order valence-corrected chi connectivity index (χ2v) is 6.30. The number of aromatic nitrogens is 2. The van der Waals surface area contributed by atoms with E-state index in [4.69, 9.17) is 9.26 Å². The van der Waals surface area contributed by atoms with E-state index in [-0.39, 0.29) is 23.5 Å². The van der Waals surface area contributed by atoms with Crippen LogP contribution in [0.5, 0.6) is 0 Å². The summed E-state index contributed by atoms with van der Waals surface area (Å²) in [5.41, 5.74) is -0.0918. The lowest BCUT2D eigenvalue weighted by Gasteiger charge is -2.27. The molecular formula is C14H24N2O3. The van der Waals surface area contributed by atoms with Crippen LogP contribution in [0, 0.1) is 5.41 Å². The first-order chi connectivity index (χ1) is 8.93. The number of aliphatic hydroxyl groups is 1. The zero-order valence-electron chi connectivity index (χ0n) is 12.2. The highest BCUT2D eigenvalue weighted by atomic mass is 16.5. The van der Waals surface area contributed by atoms with Crippen molar-refractivity contribution in [1.82, 2.24) is 10.1 Å². The largest absolute Gasteiger partial charge is 0.392 e. The molecule has 3 atom stereocenters. The highest BCUT2D eigenvalue weighted by Crippen LogP contribution is 2.37. The molecule has 108 valence electrons. The van der Waals surface area contributed by atoms with Gasteiger partial charge in [-0.15, -0.1) is 0 Å². The molecule has 1 N–H and O–H groups in total. The molecule has 1 heterocycles. The average Bonchev–Trinajstić information content (AvgIpc) is 2.92. The zero-order valence-corrected chi connectivity index (χ0v) is 12.2. The fourth-order valence-corrected chi connectivity index (χ4v) is 2.61. The van der Waals surface area contributed by atoms with Crippen LogP contribution in [0.4, 0.5) is 0 Å². The highest BCUT2D eigenvalue weighted by Gasteiger charge is 2.35. The van der Waals surface area contributed by atoms with Crippen molar-refractivity contribution in [3.63, 3.8) is 0 Å². The first-order valence-electron chi connectivity index (χ1n) is 7.06. The summed E-state index contributed by atoms with van der Waals surface area (Å²) in [5.74, 6) is 1.13. The molecule has 1 aromatic heterocycles. The van der Waals surface area contributed by atoms with Crippen molar-refractivity contribution < 1.29 is 14.4 Å². The van der Waals surface area contributed by atoms with Crippen molar-refractivity contribution in [2.45, 2.75) is 65.1 Å². The average molecular weight is 268 g/mol. The van der Waals surface area contributed by atoms with Gasteiger partial charge in [-0.3, -0.25) is 0 Å². The Labute approximate surface area is 114 Å². The van der Waals surface area contributed by atoms with Gasteiger partial charge >= 0.3 is 0 Å². The van der Waals surface area contributed by atoms with Crippen LogP contribution in [0.15, 0.2) is 4.52 Å². The van der Waals surface area contributed by atoms with Crippen LogP contribution >= 0.6 is 0 Å². The van der Waals surface area contributed by atoms with E-state index in [1.165, 1.54) is 0 Å². The van der Waals surface area contributed by atoms with Crippen LogP contribution < -0.4 is 0 Å². The van der Waals surface area contributed by atoms with E-state index < -0.39 is 0 Å². The molecule has 0 aliphatic heterocycles. The third-order valence-electron chi connectivity index (χ3n) is 3.61. The van der Waals surface area contributed by atoms with Crippen LogP contribution in [0.1, 0.15) is 70.7 Å². The van der Waals surface area contributed by atoms with E-state index in [0.29, 0.717) is 18.3 Å². The maximum absolute atomic E-state index is 9.89. The molecule has 0 radical (unpaired) electrons. The number of ether oxygens (including phenoxy) is 1. The van der Waals surface area contributed by atoms with Crippen LogP contribution in [-0.4, -0.2) is 28.0 Å². The minimum absolute atomic E-state index is 0.0107. The number of nitrogens with zero attached hydrogens (tertiary/aromatic N) is 2. The molecule has 1 fully saturated rings. The standard InChI is InChI=1S/C14H24N2O3/c1-5-18-11(14(2,3)4)12-15-13(19-16-12)9-7-6-8-10(9)17/h9-11,17H,5-8H2,1-4H3. The fourth-order valence-electron chi connectivity index (χ4n) is 2.61. The van der Waals surface area contributed by atoms with Crippen molar-refractivity contribution >= 4 is 0 Å². The molecule has 1 aliphatic carbocycles. The van der Waals surface area contributed by atoms with Crippen molar-refractivity contribution in [3.8, 4) is 0 Å². The summed E-state index contributed by atoms with van der Waals surface area (Å²) < 4.78 is 11.1. The molecule has 1 aliphatic rings. The zero-order chi connectivity index (χ0) is 14.0. The summed E-state index contributed by atoms with van der Waals surface area (Å²) >= 11 is 0. The molecule has 0 bridgehead atoms. The lowest BCUT2D eigenvalue weighted by atomic mass is 9.88. The minimum atomic E-state index is -0.353. The van der Waals surface area contributed by atoms with Crippen molar-refractivity contribution in [2.75, 3.05) is 6.61 Å². The molecule has 0 saturated heterocycles. The SMILES string of the molecule is CCOC(c1noc(C2CCCC2O)n1)C(C)(C)C. The lowest BCUT2D eigenvalue weighted by Crippen LogP contribution is -2.22. The van der Waals surface area contributed by atoms with Gasteiger partial charge in [-0.05, 0) is 31.6 Å². The molecule has 5 heteroatoms. The van der Waals surface area contributed by atoms with Gasteiger partial charge in [0, 0.05) is 6.61 Å². The highest BCUT2D eigenvalue weighted by molar-refractivity contribution is 5.03. The molecule has 1 aromatic rings.